The van der Waals surface area contributed by atoms with Crippen LogP contribution in [0.3, 0.4) is 0 Å². The van der Waals surface area contributed by atoms with Crippen LogP contribution in [0.4, 0.5) is 0 Å². The van der Waals surface area contributed by atoms with Gasteiger partial charge in [-0.05, 0) is 37.4 Å². The van der Waals surface area contributed by atoms with Crippen LogP contribution in [-0.4, -0.2) is 23.1 Å². The lowest BCUT2D eigenvalue weighted by Gasteiger charge is -2.20. The SMILES string of the molecule is CCCn1nccc1C(NC)c1ccccc1SC. The van der Waals surface area contributed by atoms with Crippen LogP contribution in [0.1, 0.15) is 30.6 Å². The molecule has 102 valence electrons. The lowest BCUT2D eigenvalue weighted by atomic mass is 10.0. The molecular weight excluding hydrogens is 254 g/mol. The van der Waals surface area contributed by atoms with Crippen molar-refractivity contribution in [3.63, 3.8) is 0 Å². The fraction of sp³-hybridized carbons (Fsp3) is 0.400. The number of benzene rings is 1. The van der Waals surface area contributed by atoms with Crippen LogP contribution in [0.5, 0.6) is 0 Å². The standard InChI is InChI=1S/C15H21N3S/c1-4-11-18-13(9-10-17-18)15(16-2)12-7-5-6-8-14(12)19-3/h5-10,15-16H,4,11H2,1-3H3. The molecular formula is C15H21N3S. The molecule has 0 aliphatic rings. The van der Waals surface area contributed by atoms with Crippen molar-refractivity contribution in [2.24, 2.45) is 0 Å². The van der Waals surface area contributed by atoms with Gasteiger partial charge in [-0.25, -0.2) is 0 Å². The third-order valence-corrected chi connectivity index (χ3v) is 4.03. The molecule has 0 fully saturated rings. The van der Waals surface area contributed by atoms with Gasteiger partial charge in [0.25, 0.3) is 0 Å². The Morgan fingerprint density at radius 3 is 2.79 bits per heavy atom. The molecule has 1 heterocycles. The zero-order valence-electron chi connectivity index (χ0n) is 11.8. The van der Waals surface area contributed by atoms with Gasteiger partial charge in [0, 0.05) is 17.6 Å². The zero-order valence-corrected chi connectivity index (χ0v) is 12.6. The van der Waals surface area contributed by atoms with Gasteiger partial charge in [-0.1, -0.05) is 25.1 Å². The summed E-state index contributed by atoms with van der Waals surface area (Å²) in [5.74, 6) is 0. The van der Waals surface area contributed by atoms with Gasteiger partial charge in [-0.2, -0.15) is 5.10 Å². The second-order valence-electron chi connectivity index (χ2n) is 4.44. The van der Waals surface area contributed by atoms with Crippen molar-refractivity contribution in [2.75, 3.05) is 13.3 Å². The van der Waals surface area contributed by atoms with Crippen LogP contribution in [0.15, 0.2) is 41.4 Å². The lowest BCUT2D eigenvalue weighted by Crippen LogP contribution is -2.22. The first-order valence-electron chi connectivity index (χ1n) is 6.63. The first-order valence-corrected chi connectivity index (χ1v) is 7.86. The summed E-state index contributed by atoms with van der Waals surface area (Å²) in [7, 11) is 2.01. The van der Waals surface area contributed by atoms with E-state index in [1.165, 1.54) is 16.2 Å². The molecule has 4 heteroatoms. The second kappa shape index (κ2) is 6.78. The molecule has 0 aliphatic heterocycles. The van der Waals surface area contributed by atoms with Crippen molar-refractivity contribution < 1.29 is 0 Å². The van der Waals surface area contributed by atoms with Gasteiger partial charge in [-0.15, -0.1) is 11.8 Å². The number of hydrogen-bond donors (Lipinski definition) is 1. The van der Waals surface area contributed by atoms with E-state index in [1.807, 2.05) is 13.2 Å². The number of rotatable bonds is 6. The smallest absolute Gasteiger partial charge is 0.0756 e. The van der Waals surface area contributed by atoms with Gasteiger partial charge in [0.1, 0.15) is 0 Å². The molecule has 2 rings (SSSR count). The lowest BCUT2D eigenvalue weighted by molar-refractivity contribution is 0.532. The largest absolute Gasteiger partial charge is 0.308 e. The zero-order chi connectivity index (χ0) is 13.7. The molecule has 1 unspecified atom stereocenters. The average Bonchev–Trinajstić information content (AvgIpc) is 2.89. The van der Waals surface area contributed by atoms with E-state index in [2.05, 4.69) is 58.6 Å². The Labute approximate surface area is 119 Å². The van der Waals surface area contributed by atoms with Crippen LogP contribution < -0.4 is 5.32 Å². The Balaban J connectivity index is 2.41. The first-order chi connectivity index (χ1) is 9.31. The summed E-state index contributed by atoms with van der Waals surface area (Å²) in [5.41, 5.74) is 2.54. The highest BCUT2D eigenvalue weighted by Gasteiger charge is 2.18. The summed E-state index contributed by atoms with van der Waals surface area (Å²) in [6.45, 7) is 3.14. The Hall–Kier alpha value is -1.26. The van der Waals surface area contributed by atoms with Crippen LogP contribution in [0, 0.1) is 0 Å². The van der Waals surface area contributed by atoms with E-state index in [9.17, 15) is 0 Å². The van der Waals surface area contributed by atoms with Crippen LogP contribution in [0.25, 0.3) is 0 Å². The summed E-state index contributed by atoms with van der Waals surface area (Å²) in [6, 6.07) is 10.8. The minimum atomic E-state index is 0.192. The Bertz CT molecular complexity index is 522. The quantitative estimate of drug-likeness (QED) is 0.820. The molecule has 2 aromatic rings. The molecule has 0 amide bonds. The molecule has 0 bridgehead atoms. The predicted molar refractivity (Wildman–Crippen MR) is 81.6 cm³/mol. The van der Waals surface area contributed by atoms with Crippen molar-refractivity contribution in [1.82, 2.24) is 15.1 Å². The normalized spacial score (nSPS) is 12.6. The fourth-order valence-corrected chi connectivity index (χ4v) is 2.99. The Kier molecular flexibility index (Phi) is 5.05. The molecule has 0 saturated carbocycles. The second-order valence-corrected chi connectivity index (χ2v) is 5.29. The van der Waals surface area contributed by atoms with Gasteiger partial charge in [0.05, 0.1) is 11.7 Å². The maximum absolute atomic E-state index is 4.43. The molecule has 0 spiro atoms. The van der Waals surface area contributed by atoms with E-state index in [-0.39, 0.29) is 6.04 Å². The van der Waals surface area contributed by atoms with Crippen LogP contribution in [-0.2, 0) is 6.54 Å². The summed E-state index contributed by atoms with van der Waals surface area (Å²) in [5, 5.41) is 7.85. The van der Waals surface area contributed by atoms with E-state index in [4.69, 9.17) is 0 Å². The minimum Gasteiger partial charge on any atom is -0.308 e. The fourth-order valence-electron chi connectivity index (χ4n) is 2.35. The molecule has 1 aromatic heterocycles. The molecule has 0 aliphatic carbocycles. The molecule has 0 saturated heterocycles. The molecule has 19 heavy (non-hydrogen) atoms. The molecule has 1 N–H and O–H groups in total. The Morgan fingerprint density at radius 1 is 1.32 bits per heavy atom. The van der Waals surface area contributed by atoms with Crippen molar-refractivity contribution in [2.45, 2.75) is 30.8 Å². The van der Waals surface area contributed by atoms with Gasteiger partial charge in [0.2, 0.25) is 0 Å². The highest BCUT2D eigenvalue weighted by molar-refractivity contribution is 7.98. The molecule has 1 atom stereocenters. The van der Waals surface area contributed by atoms with Gasteiger partial charge >= 0.3 is 0 Å². The summed E-state index contributed by atoms with van der Waals surface area (Å²) < 4.78 is 2.10. The maximum atomic E-state index is 4.43. The van der Waals surface area contributed by atoms with E-state index in [0.717, 1.165) is 13.0 Å². The molecule has 3 nitrogen and oxygen atoms in total. The summed E-state index contributed by atoms with van der Waals surface area (Å²) >= 11 is 1.79. The van der Waals surface area contributed by atoms with Gasteiger partial charge < -0.3 is 5.32 Å². The van der Waals surface area contributed by atoms with Crippen molar-refractivity contribution in [1.29, 1.82) is 0 Å². The first kappa shape index (κ1) is 14.2. The van der Waals surface area contributed by atoms with Crippen molar-refractivity contribution >= 4 is 11.8 Å². The summed E-state index contributed by atoms with van der Waals surface area (Å²) in [6.07, 6.45) is 5.10. The topological polar surface area (TPSA) is 29.9 Å². The average molecular weight is 275 g/mol. The van der Waals surface area contributed by atoms with Gasteiger partial charge in [-0.3, -0.25) is 4.68 Å². The third kappa shape index (κ3) is 3.01. The van der Waals surface area contributed by atoms with Gasteiger partial charge in [0.15, 0.2) is 0 Å². The van der Waals surface area contributed by atoms with E-state index in [1.54, 1.807) is 11.8 Å². The van der Waals surface area contributed by atoms with Crippen LogP contribution >= 0.6 is 11.8 Å². The number of nitrogens with one attached hydrogen (secondary N) is 1. The number of thioether (sulfide) groups is 1. The minimum absolute atomic E-state index is 0.192. The predicted octanol–water partition coefficient (Wildman–Crippen LogP) is 3.32. The number of nitrogens with zero attached hydrogens (tertiary/aromatic N) is 2. The maximum Gasteiger partial charge on any atom is 0.0756 e. The van der Waals surface area contributed by atoms with E-state index < -0.39 is 0 Å². The Morgan fingerprint density at radius 2 is 2.11 bits per heavy atom. The number of aromatic nitrogens is 2. The number of hydrogen-bond acceptors (Lipinski definition) is 3. The highest BCUT2D eigenvalue weighted by Crippen LogP contribution is 2.29. The van der Waals surface area contributed by atoms with Crippen molar-refractivity contribution in [3.8, 4) is 0 Å². The van der Waals surface area contributed by atoms with E-state index in [0.29, 0.717) is 0 Å². The van der Waals surface area contributed by atoms with E-state index >= 15 is 0 Å². The number of aryl methyl sites for hydroxylation is 1. The molecule has 1 aromatic carbocycles. The third-order valence-electron chi connectivity index (χ3n) is 3.22. The highest BCUT2D eigenvalue weighted by atomic mass is 32.2. The molecule has 0 radical (unpaired) electrons. The summed E-state index contributed by atoms with van der Waals surface area (Å²) in [4.78, 5) is 1.31. The van der Waals surface area contributed by atoms with Crippen LogP contribution in [0.2, 0.25) is 0 Å². The monoisotopic (exact) mass is 275 g/mol. The van der Waals surface area contributed by atoms with Crippen molar-refractivity contribution in [3.05, 3.63) is 47.8 Å².